The first-order chi connectivity index (χ1) is 7.83. The van der Waals surface area contributed by atoms with Gasteiger partial charge in [-0.15, -0.1) is 5.10 Å². The first-order valence-corrected chi connectivity index (χ1v) is 4.80. The molecule has 0 saturated heterocycles. The maximum atomic E-state index is 9.31. The number of hydrogen-bond donors (Lipinski definition) is 1. The van der Waals surface area contributed by atoms with E-state index < -0.39 is 0 Å². The number of nitrogens with zero attached hydrogens (tertiary/aromatic N) is 4. The molecule has 5 heteroatoms. The summed E-state index contributed by atoms with van der Waals surface area (Å²) in [5.41, 5.74) is 1.39. The lowest BCUT2D eigenvalue weighted by Crippen LogP contribution is -1.87. The van der Waals surface area contributed by atoms with Gasteiger partial charge in [0, 0.05) is 6.20 Å². The highest BCUT2D eigenvalue weighted by atomic mass is 16.3. The van der Waals surface area contributed by atoms with Gasteiger partial charge in [-0.05, 0) is 24.3 Å². The number of fused-ring (bicyclic) bond motifs is 1. The van der Waals surface area contributed by atoms with Gasteiger partial charge in [0.1, 0.15) is 11.4 Å². The Labute approximate surface area is 91.0 Å². The molecule has 0 radical (unpaired) electrons. The Morgan fingerprint density at radius 1 is 1.12 bits per heavy atom. The van der Waals surface area contributed by atoms with Gasteiger partial charge in [0.15, 0.2) is 5.65 Å². The highest BCUT2D eigenvalue weighted by Crippen LogP contribution is 2.15. The monoisotopic (exact) mass is 212 g/mol. The Bertz CT molecular complexity index is 633. The lowest BCUT2D eigenvalue weighted by molar-refractivity contribution is 0.470. The zero-order valence-electron chi connectivity index (χ0n) is 8.28. The third kappa shape index (κ3) is 1.38. The molecular weight excluding hydrogens is 204 g/mol. The molecule has 0 atom stereocenters. The van der Waals surface area contributed by atoms with Crippen molar-refractivity contribution in [2.75, 3.05) is 0 Å². The molecule has 0 aliphatic carbocycles. The third-order valence-electron chi connectivity index (χ3n) is 2.21. The molecule has 0 spiro atoms. The van der Waals surface area contributed by atoms with E-state index in [4.69, 9.17) is 0 Å². The summed E-state index contributed by atoms with van der Waals surface area (Å²) in [7, 11) is 0. The standard InChI is InChI=1S/C11H8N4O/c16-8-4-5-10-13-11(14-15(10)7-8)9-3-1-2-6-12-9/h1-7,16H. The maximum Gasteiger partial charge on any atom is 0.200 e. The van der Waals surface area contributed by atoms with Crippen LogP contribution in [0.15, 0.2) is 42.7 Å². The summed E-state index contributed by atoms with van der Waals surface area (Å²) in [5, 5.41) is 13.5. The molecule has 3 aromatic heterocycles. The van der Waals surface area contributed by atoms with Crippen LogP contribution in [0.3, 0.4) is 0 Å². The van der Waals surface area contributed by atoms with Gasteiger partial charge in [-0.25, -0.2) is 9.50 Å². The molecule has 78 valence electrons. The highest BCUT2D eigenvalue weighted by Gasteiger charge is 2.06. The fraction of sp³-hybridized carbons (Fsp3) is 0. The Hall–Kier alpha value is -2.43. The van der Waals surface area contributed by atoms with E-state index in [2.05, 4.69) is 15.1 Å². The lowest BCUT2D eigenvalue weighted by Gasteiger charge is -1.91. The van der Waals surface area contributed by atoms with E-state index in [1.807, 2.05) is 18.2 Å². The minimum Gasteiger partial charge on any atom is -0.506 e. The van der Waals surface area contributed by atoms with E-state index in [0.717, 1.165) is 0 Å². The number of pyridine rings is 2. The zero-order chi connectivity index (χ0) is 11.0. The van der Waals surface area contributed by atoms with Crippen molar-refractivity contribution in [3.63, 3.8) is 0 Å². The second-order valence-electron chi connectivity index (χ2n) is 3.34. The molecule has 5 nitrogen and oxygen atoms in total. The topological polar surface area (TPSA) is 63.3 Å². The van der Waals surface area contributed by atoms with Crippen LogP contribution in [-0.2, 0) is 0 Å². The van der Waals surface area contributed by atoms with Crippen molar-refractivity contribution in [2.24, 2.45) is 0 Å². The average Bonchev–Trinajstić information content (AvgIpc) is 2.73. The van der Waals surface area contributed by atoms with E-state index >= 15 is 0 Å². The molecular formula is C11H8N4O. The van der Waals surface area contributed by atoms with E-state index in [1.165, 1.54) is 10.7 Å². The molecule has 0 aliphatic heterocycles. The molecule has 1 N–H and O–H groups in total. The van der Waals surface area contributed by atoms with Crippen molar-refractivity contribution in [2.45, 2.75) is 0 Å². The largest absolute Gasteiger partial charge is 0.506 e. The summed E-state index contributed by atoms with van der Waals surface area (Å²) in [4.78, 5) is 8.47. The van der Waals surface area contributed by atoms with Gasteiger partial charge in [0.05, 0.1) is 6.20 Å². The molecule has 0 aliphatic rings. The highest BCUT2D eigenvalue weighted by molar-refractivity contribution is 5.53. The van der Waals surface area contributed by atoms with Crippen molar-refractivity contribution >= 4 is 5.65 Å². The molecule has 3 aromatic rings. The van der Waals surface area contributed by atoms with Crippen molar-refractivity contribution < 1.29 is 5.11 Å². The summed E-state index contributed by atoms with van der Waals surface area (Å²) in [6, 6.07) is 8.84. The van der Waals surface area contributed by atoms with Crippen molar-refractivity contribution in [3.05, 3.63) is 42.7 Å². The van der Waals surface area contributed by atoms with Gasteiger partial charge >= 0.3 is 0 Å². The van der Waals surface area contributed by atoms with Gasteiger partial charge in [-0.2, -0.15) is 0 Å². The van der Waals surface area contributed by atoms with Crippen LogP contribution in [0.1, 0.15) is 0 Å². The quantitative estimate of drug-likeness (QED) is 0.663. The van der Waals surface area contributed by atoms with Gasteiger partial charge in [-0.1, -0.05) is 6.07 Å². The Kier molecular flexibility index (Phi) is 1.83. The van der Waals surface area contributed by atoms with Crippen LogP contribution in [0, 0.1) is 0 Å². The van der Waals surface area contributed by atoms with E-state index in [-0.39, 0.29) is 5.75 Å². The zero-order valence-corrected chi connectivity index (χ0v) is 8.28. The maximum absolute atomic E-state index is 9.31. The fourth-order valence-corrected chi connectivity index (χ4v) is 1.48. The van der Waals surface area contributed by atoms with Crippen LogP contribution in [0.4, 0.5) is 0 Å². The fourth-order valence-electron chi connectivity index (χ4n) is 1.48. The van der Waals surface area contributed by atoms with Crippen LogP contribution in [0.5, 0.6) is 5.75 Å². The summed E-state index contributed by atoms with van der Waals surface area (Å²) < 4.78 is 1.53. The summed E-state index contributed by atoms with van der Waals surface area (Å²) in [5.74, 6) is 0.705. The summed E-state index contributed by atoms with van der Waals surface area (Å²) >= 11 is 0. The van der Waals surface area contributed by atoms with Gasteiger partial charge < -0.3 is 5.11 Å². The number of hydrogen-bond acceptors (Lipinski definition) is 4. The van der Waals surface area contributed by atoms with Crippen LogP contribution >= 0.6 is 0 Å². The normalized spacial score (nSPS) is 10.8. The van der Waals surface area contributed by atoms with Crippen LogP contribution in [-0.4, -0.2) is 24.7 Å². The molecule has 0 bridgehead atoms. The minimum absolute atomic E-state index is 0.157. The predicted molar refractivity (Wildman–Crippen MR) is 57.9 cm³/mol. The third-order valence-corrected chi connectivity index (χ3v) is 2.21. The van der Waals surface area contributed by atoms with Crippen molar-refractivity contribution in [1.29, 1.82) is 0 Å². The van der Waals surface area contributed by atoms with Gasteiger partial charge in [0.2, 0.25) is 5.82 Å². The Balaban J connectivity index is 2.19. The van der Waals surface area contributed by atoms with Crippen LogP contribution in [0.2, 0.25) is 0 Å². The smallest absolute Gasteiger partial charge is 0.200 e. The molecule has 3 heterocycles. The van der Waals surface area contributed by atoms with E-state index in [0.29, 0.717) is 17.2 Å². The van der Waals surface area contributed by atoms with Crippen LogP contribution in [0.25, 0.3) is 17.2 Å². The number of aromatic nitrogens is 4. The predicted octanol–water partition coefficient (Wildman–Crippen LogP) is 1.50. The SMILES string of the molecule is Oc1ccc2nc(-c3ccccn3)nn2c1. The average molecular weight is 212 g/mol. The molecule has 0 unspecified atom stereocenters. The second-order valence-corrected chi connectivity index (χ2v) is 3.34. The molecule has 3 rings (SSSR count). The first-order valence-electron chi connectivity index (χ1n) is 4.80. The van der Waals surface area contributed by atoms with Gasteiger partial charge in [0.25, 0.3) is 0 Å². The number of rotatable bonds is 1. The summed E-state index contributed by atoms with van der Waals surface area (Å²) in [6.07, 6.45) is 3.20. The van der Waals surface area contributed by atoms with Crippen molar-refractivity contribution in [3.8, 4) is 17.3 Å². The second kappa shape index (κ2) is 3.30. The Morgan fingerprint density at radius 3 is 2.88 bits per heavy atom. The van der Waals surface area contributed by atoms with E-state index in [9.17, 15) is 5.11 Å². The first kappa shape index (κ1) is 8.84. The minimum atomic E-state index is 0.157. The van der Waals surface area contributed by atoms with Crippen LogP contribution < -0.4 is 0 Å². The molecule has 0 fully saturated rings. The van der Waals surface area contributed by atoms with E-state index in [1.54, 1.807) is 18.3 Å². The lowest BCUT2D eigenvalue weighted by atomic mass is 10.3. The molecule has 0 saturated carbocycles. The molecule has 16 heavy (non-hydrogen) atoms. The van der Waals surface area contributed by atoms with Gasteiger partial charge in [-0.3, -0.25) is 4.98 Å². The Morgan fingerprint density at radius 2 is 2.06 bits per heavy atom. The number of aromatic hydroxyl groups is 1. The summed E-state index contributed by atoms with van der Waals surface area (Å²) in [6.45, 7) is 0. The molecule has 0 aromatic carbocycles. The molecule has 0 amide bonds. The van der Waals surface area contributed by atoms with Crippen molar-refractivity contribution in [1.82, 2.24) is 19.6 Å².